The summed E-state index contributed by atoms with van der Waals surface area (Å²) in [6, 6.07) is 7.27. The van der Waals surface area contributed by atoms with Crippen molar-refractivity contribution >= 4 is 28.6 Å². The van der Waals surface area contributed by atoms with Crippen LogP contribution in [0.25, 0.3) is 16.6 Å². The van der Waals surface area contributed by atoms with Crippen LogP contribution in [0.2, 0.25) is 0 Å². The number of fused-ring (bicyclic) bond motifs is 3. The van der Waals surface area contributed by atoms with Gasteiger partial charge in [-0.2, -0.15) is 5.10 Å². The fourth-order valence-corrected chi connectivity index (χ4v) is 5.28. The number of nitrogens with zero attached hydrogens (tertiary/aromatic N) is 3. The number of likely N-dealkylation sites (tertiary alicyclic amines) is 1. The molecule has 1 aliphatic carbocycles. The number of hydrogen-bond acceptors (Lipinski definition) is 5. The van der Waals surface area contributed by atoms with Crippen molar-refractivity contribution in [3.05, 3.63) is 45.9 Å². The minimum Gasteiger partial charge on any atom is -0.444 e. The van der Waals surface area contributed by atoms with E-state index >= 15 is 0 Å². The lowest BCUT2D eigenvalue weighted by molar-refractivity contribution is 0.0203. The van der Waals surface area contributed by atoms with Gasteiger partial charge in [-0.15, -0.1) is 0 Å². The van der Waals surface area contributed by atoms with E-state index in [-0.39, 0.29) is 29.5 Å². The molecule has 0 bridgehead atoms. The molecule has 186 valence electrons. The number of amides is 2. The highest BCUT2D eigenvalue weighted by Gasteiger charge is 2.30. The van der Waals surface area contributed by atoms with Crippen LogP contribution in [0.1, 0.15) is 81.3 Å². The SMILES string of the molecule is CC(C)(C)OC(=O)N1CCC(c2cc(=O)[nH]c3c4c(C(=O)NC5CCCC5)cccc4nn23)CC1. The molecule has 5 rings (SSSR count). The maximum atomic E-state index is 13.1. The van der Waals surface area contributed by atoms with E-state index < -0.39 is 5.60 Å². The first-order valence-corrected chi connectivity index (χ1v) is 12.5. The third kappa shape index (κ3) is 4.76. The number of H-pyrrole nitrogens is 1. The Hall–Kier alpha value is -3.36. The minimum absolute atomic E-state index is 0.0589. The monoisotopic (exact) mass is 479 g/mol. The van der Waals surface area contributed by atoms with Crippen molar-refractivity contribution in [2.24, 2.45) is 0 Å². The van der Waals surface area contributed by atoms with E-state index in [1.165, 1.54) is 0 Å². The van der Waals surface area contributed by atoms with Crippen LogP contribution in [0, 0.1) is 0 Å². The second-order valence-corrected chi connectivity index (χ2v) is 10.7. The average Bonchev–Trinajstić information content (AvgIpc) is 3.45. The van der Waals surface area contributed by atoms with E-state index in [4.69, 9.17) is 9.84 Å². The Labute approximate surface area is 203 Å². The lowest BCUT2D eigenvalue weighted by Crippen LogP contribution is -2.41. The molecule has 9 nitrogen and oxygen atoms in total. The van der Waals surface area contributed by atoms with Crippen LogP contribution >= 0.6 is 0 Å². The summed E-state index contributed by atoms with van der Waals surface area (Å²) in [5, 5.41) is 8.58. The topological polar surface area (TPSA) is 109 Å². The first kappa shape index (κ1) is 23.4. The second-order valence-electron chi connectivity index (χ2n) is 10.7. The summed E-state index contributed by atoms with van der Waals surface area (Å²) in [6.45, 7) is 6.66. The van der Waals surface area contributed by atoms with E-state index in [0.29, 0.717) is 48.0 Å². The number of carbonyl (C=O) groups is 2. The minimum atomic E-state index is -0.538. The molecule has 3 aromatic rings. The van der Waals surface area contributed by atoms with Gasteiger partial charge >= 0.3 is 6.09 Å². The molecular weight excluding hydrogens is 446 g/mol. The highest BCUT2D eigenvalue weighted by Crippen LogP contribution is 2.31. The molecular formula is C26H33N5O4. The van der Waals surface area contributed by atoms with Crippen molar-refractivity contribution in [1.29, 1.82) is 0 Å². The van der Waals surface area contributed by atoms with E-state index in [2.05, 4.69) is 10.3 Å². The van der Waals surface area contributed by atoms with Gasteiger partial charge in [-0.25, -0.2) is 9.31 Å². The van der Waals surface area contributed by atoms with Crippen LogP contribution in [0.5, 0.6) is 0 Å². The molecule has 2 N–H and O–H groups in total. The molecule has 2 amide bonds. The summed E-state index contributed by atoms with van der Waals surface area (Å²) in [6.07, 6.45) is 5.35. The molecule has 0 unspecified atom stereocenters. The maximum absolute atomic E-state index is 13.1. The quantitative estimate of drug-likeness (QED) is 0.591. The number of nitrogens with one attached hydrogen (secondary N) is 2. The first-order chi connectivity index (χ1) is 16.7. The van der Waals surface area contributed by atoms with Gasteiger partial charge in [0, 0.05) is 31.1 Å². The van der Waals surface area contributed by atoms with Crippen molar-refractivity contribution in [3.8, 4) is 0 Å². The molecule has 2 fully saturated rings. The van der Waals surface area contributed by atoms with Crippen molar-refractivity contribution in [1.82, 2.24) is 24.8 Å². The van der Waals surface area contributed by atoms with Gasteiger partial charge in [0.15, 0.2) is 0 Å². The van der Waals surface area contributed by atoms with E-state index in [1.54, 1.807) is 21.5 Å². The summed E-state index contributed by atoms with van der Waals surface area (Å²) >= 11 is 0. The zero-order chi connectivity index (χ0) is 24.7. The number of aromatic nitrogens is 3. The van der Waals surface area contributed by atoms with Crippen molar-refractivity contribution < 1.29 is 14.3 Å². The van der Waals surface area contributed by atoms with Gasteiger partial charge in [-0.1, -0.05) is 18.9 Å². The highest BCUT2D eigenvalue weighted by atomic mass is 16.6. The van der Waals surface area contributed by atoms with E-state index in [9.17, 15) is 14.4 Å². The zero-order valence-electron chi connectivity index (χ0n) is 20.6. The number of benzene rings is 1. The third-order valence-electron chi connectivity index (χ3n) is 6.96. The number of piperidine rings is 1. The van der Waals surface area contributed by atoms with Gasteiger partial charge in [0.1, 0.15) is 11.2 Å². The molecule has 2 aromatic heterocycles. The fourth-order valence-electron chi connectivity index (χ4n) is 5.28. The van der Waals surface area contributed by atoms with Crippen LogP contribution in [0.4, 0.5) is 4.79 Å². The summed E-state index contributed by atoms with van der Waals surface area (Å²) < 4.78 is 7.28. The summed E-state index contributed by atoms with van der Waals surface area (Å²) in [5.41, 5.74) is 1.76. The number of ether oxygens (including phenoxy) is 1. The van der Waals surface area contributed by atoms with Crippen LogP contribution < -0.4 is 10.9 Å². The van der Waals surface area contributed by atoms with Crippen molar-refractivity contribution in [2.75, 3.05) is 13.1 Å². The number of aromatic amines is 1. The van der Waals surface area contributed by atoms with Gasteiger partial charge in [0.2, 0.25) is 0 Å². The molecule has 3 heterocycles. The lowest BCUT2D eigenvalue weighted by Gasteiger charge is -2.33. The average molecular weight is 480 g/mol. The second kappa shape index (κ2) is 9.02. The standard InChI is InChI=1S/C26H33N5O4/c1-26(2,3)35-25(34)30-13-11-16(12-14-30)20-15-21(32)28-23-22-18(9-6-10-19(22)29-31(20)23)24(33)27-17-7-4-5-8-17/h6,9-10,15-17H,4-5,7-8,11-14H2,1-3H3,(H,27,33)(H,28,32). The fraction of sp³-hybridized carbons (Fsp3) is 0.538. The Bertz CT molecular complexity index is 1320. The van der Waals surface area contributed by atoms with E-state index in [0.717, 1.165) is 31.4 Å². The Morgan fingerprint density at radius 1 is 1.11 bits per heavy atom. The smallest absolute Gasteiger partial charge is 0.410 e. The Kier molecular flexibility index (Phi) is 6.02. The molecule has 0 radical (unpaired) electrons. The number of carbonyl (C=O) groups excluding carboxylic acids is 2. The Balaban J connectivity index is 1.45. The zero-order valence-corrected chi connectivity index (χ0v) is 20.6. The van der Waals surface area contributed by atoms with Crippen molar-refractivity contribution in [2.45, 2.75) is 76.9 Å². The molecule has 1 saturated carbocycles. The predicted molar refractivity (Wildman–Crippen MR) is 133 cm³/mol. The summed E-state index contributed by atoms with van der Waals surface area (Å²) in [5.74, 6) is -0.0714. The summed E-state index contributed by atoms with van der Waals surface area (Å²) in [7, 11) is 0. The van der Waals surface area contributed by atoms with Gasteiger partial charge in [0.05, 0.1) is 22.2 Å². The van der Waals surface area contributed by atoms with Gasteiger partial charge in [-0.05, 0) is 58.6 Å². The summed E-state index contributed by atoms with van der Waals surface area (Å²) in [4.78, 5) is 42.9. The lowest BCUT2D eigenvalue weighted by atomic mass is 9.93. The van der Waals surface area contributed by atoms with Crippen LogP contribution in [0.3, 0.4) is 0 Å². The van der Waals surface area contributed by atoms with Crippen molar-refractivity contribution in [3.63, 3.8) is 0 Å². The Morgan fingerprint density at radius 3 is 2.51 bits per heavy atom. The maximum Gasteiger partial charge on any atom is 0.410 e. The molecule has 1 saturated heterocycles. The van der Waals surface area contributed by atoms with Gasteiger partial charge < -0.3 is 19.9 Å². The third-order valence-corrected chi connectivity index (χ3v) is 6.96. The molecule has 0 atom stereocenters. The molecule has 2 aliphatic rings. The highest BCUT2D eigenvalue weighted by molar-refractivity contribution is 6.11. The number of rotatable bonds is 3. The predicted octanol–water partition coefficient (Wildman–Crippen LogP) is 3.96. The molecule has 1 aliphatic heterocycles. The first-order valence-electron chi connectivity index (χ1n) is 12.5. The van der Waals surface area contributed by atoms with Gasteiger partial charge in [0.25, 0.3) is 11.5 Å². The number of hydrogen-bond donors (Lipinski definition) is 2. The van der Waals surface area contributed by atoms with Crippen LogP contribution in [0.15, 0.2) is 29.1 Å². The van der Waals surface area contributed by atoms with Crippen LogP contribution in [-0.4, -0.2) is 56.2 Å². The molecule has 0 spiro atoms. The molecule has 9 heteroatoms. The van der Waals surface area contributed by atoms with Gasteiger partial charge in [-0.3, -0.25) is 9.59 Å². The van der Waals surface area contributed by atoms with Crippen LogP contribution in [-0.2, 0) is 4.74 Å². The Morgan fingerprint density at radius 2 is 1.83 bits per heavy atom. The normalized spacial score (nSPS) is 17.9. The molecule has 1 aromatic carbocycles. The van der Waals surface area contributed by atoms with E-state index in [1.807, 2.05) is 32.9 Å². The largest absolute Gasteiger partial charge is 0.444 e. The molecule has 35 heavy (non-hydrogen) atoms.